The van der Waals surface area contributed by atoms with Crippen LogP contribution in [0.25, 0.3) is 0 Å². The quantitative estimate of drug-likeness (QED) is 0.740. The SMILES string of the molecule is CC(N)C1CCN(CC(O)C(F)(F)F)C1. The fourth-order valence-corrected chi connectivity index (χ4v) is 1.81. The number of aliphatic hydroxyl groups excluding tert-OH is 1. The molecule has 1 saturated heterocycles. The highest BCUT2D eigenvalue weighted by molar-refractivity contribution is 4.83. The van der Waals surface area contributed by atoms with Gasteiger partial charge in [-0.15, -0.1) is 0 Å². The number of β-amino-alcohol motifs (C(OH)–C–C–N with tert-alkyl or cyclic N) is 1. The Hall–Kier alpha value is -0.330. The monoisotopic (exact) mass is 226 g/mol. The van der Waals surface area contributed by atoms with Gasteiger partial charge in [0.1, 0.15) is 0 Å². The van der Waals surface area contributed by atoms with Crippen LogP contribution in [0, 0.1) is 5.92 Å². The summed E-state index contributed by atoms with van der Waals surface area (Å²) < 4.78 is 36.2. The van der Waals surface area contributed by atoms with Crippen LogP contribution in [0.4, 0.5) is 13.2 Å². The zero-order valence-electron chi connectivity index (χ0n) is 8.67. The molecule has 0 spiro atoms. The molecule has 1 fully saturated rings. The van der Waals surface area contributed by atoms with Crippen molar-refractivity contribution in [1.29, 1.82) is 0 Å². The predicted octanol–water partition coefficient (Wildman–Crippen LogP) is 0.579. The fourth-order valence-electron chi connectivity index (χ4n) is 1.81. The molecule has 0 bridgehead atoms. The highest BCUT2D eigenvalue weighted by Gasteiger charge is 2.40. The van der Waals surface area contributed by atoms with Crippen LogP contribution >= 0.6 is 0 Å². The van der Waals surface area contributed by atoms with Gasteiger partial charge in [-0.25, -0.2) is 0 Å². The van der Waals surface area contributed by atoms with Crippen LogP contribution in [-0.2, 0) is 0 Å². The van der Waals surface area contributed by atoms with E-state index < -0.39 is 12.3 Å². The normalized spacial score (nSPS) is 28.0. The zero-order valence-corrected chi connectivity index (χ0v) is 8.67. The van der Waals surface area contributed by atoms with Crippen molar-refractivity contribution in [2.45, 2.75) is 31.7 Å². The summed E-state index contributed by atoms with van der Waals surface area (Å²) in [4.78, 5) is 1.62. The van der Waals surface area contributed by atoms with Gasteiger partial charge in [0.05, 0.1) is 0 Å². The maximum absolute atomic E-state index is 12.1. The van der Waals surface area contributed by atoms with E-state index in [2.05, 4.69) is 0 Å². The highest BCUT2D eigenvalue weighted by Crippen LogP contribution is 2.24. The van der Waals surface area contributed by atoms with E-state index >= 15 is 0 Å². The third kappa shape index (κ3) is 3.62. The second-order valence-electron chi connectivity index (χ2n) is 4.22. The van der Waals surface area contributed by atoms with E-state index in [1.807, 2.05) is 6.92 Å². The summed E-state index contributed by atoms with van der Waals surface area (Å²) in [5.41, 5.74) is 5.67. The fraction of sp³-hybridized carbons (Fsp3) is 1.00. The van der Waals surface area contributed by atoms with Crippen molar-refractivity contribution in [3.63, 3.8) is 0 Å². The Kier molecular flexibility index (Phi) is 3.97. The third-order valence-electron chi connectivity index (χ3n) is 2.86. The molecule has 3 N–H and O–H groups in total. The number of aliphatic hydroxyl groups is 1. The minimum Gasteiger partial charge on any atom is -0.382 e. The summed E-state index contributed by atoms with van der Waals surface area (Å²) in [7, 11) is 0. The minimum atomic E-state index is -4.52. The largest absolute Gasteiger partial charge is 0.415 e. The second-order valence-corrected chi connectivity index (χ2v) is 4.22. The summed E-state index contributed by atoms with van der Waals surface area (Å²) >= 11 is 0. The van der Waals surface area contributed by atoms with Gasteiger partial charge in [0.15, 0.2) is 6.10 Å². The van der Waals surface area contributed by atoms with Gasteiger partial charge in [-0.1, -0.05) is 0 Å². The topological polar surface area (TPSA) is 49.5 Å². The number of hydrogen-bond acceptors (Lipinski definition) is 3. The van der Waals surface area contributed by atoms with Crippen molar-refractivity contribution in [1.82, 2.24) is 4.90 Å². The van der Waals surface area contributed by atoms with Crippen LogP contribution in [0.3, 0.4) is 0 Å². The van der Waals surface area contributed by atoms with E-state index in [0.29, 0.717) is 13.1 Å². The van der Waals surface area contributed by atoms with E-state index in [0.717, 1.165) is 6.42 Å². The van der Waals surface area contributed by atoms with Crippen molar-refractivity contribution in [2.24, 2.45) is 11.7 Å². The highest BCUT2D eigenvalue weighted by atomic mass is 19.4. The lowest BCUT2D eigenvalue weighted by Gasteiger charge is -2.22. The van der Waals surface area contributed by atoms with E-state index in [9.17, 15) is 13.2 Å². The van der Waals surface area contributed by atoms with Crippen LogP contribution in [0.2, 0.25) is 0 Å². The average Bonchev–Trinajstić information content (AvgIpc) is 2.50. The van der Waals surface area contributed by atoms with Gasteiger partial charge >= 0.3 is 6.18 Å². The van der Waals surface area contributed by atoms with Gasteiger partial charge in [0.2, 0.25) is 0 Å². The smallest absolute Gasteiger partial charge is 0.382 e. The minimum absolute atomic E-state index is 0.00182. The number of halogens is 3. The Bertz CT molecular complexity index is 208. The molecule has 0 radical (unpaired) electrons. The molecule has 3 unspecified atom stereocenters. The molecule has 1 aliphatic heterocycles. The third-order valence-corrected chi connectivity index (χ3v) is 2.86. The summed E-state index contributed by atoms with van der Waals surface area (Å²) in [6.07, 6.45) is -5.96. The van der Waals surface area contributed by atoms with Crippen molar-refractivity contribution < 1.29 is 18.3 Å². The molecule has 1 aliphatic rings. The van der Waals surface area contributed by atoms with Crippen molar-refractivity contribution >= 4 is 0 Å². The van der Waals surface area contributed by atoms with Crippen LogP contribution in [0.5, 0.6) is 0 Å². The van der Waals surface area contributed by atoms with Crippen LogP contribution in [-0.4, -0.2) is 48.0 Å². The first-order valence-corrected chi connectivity index (χ1v) is 5.03. The molecule has 6 heteroatoms. The predicted molar refractivity (Wildman–Crippen MR) is 50.3 cm³/mol. The van der Waals surface area contributed by atoms with Gasteiger partial charge < -0.3 is 15.7 Å². The Morgan fingerprint density at radius 2 is 2.13 bits per heavy atom. The lowest BCUT2D eigenvalue weighted by Crippen LogP contribution is -2.40. The van der Waals surface area contributed by atoms with E-state index in [-0.39, 0.29) is 18.5 Å². The molecule has 90 valence electrons. The molecule has 1 heterocycles. The molecule has 3 nitrogen and oxygen atoms in total. The van der Waals surface area contributed by atoms with Gasteiger partial charge in [0.25, 0.3) is 0 Å². The van der Waals surface area contributed by atoms with Gasteiger partial charge in [-0.05, 0) is 25.8 Å². The maximum Gasteiger partial charge on any atom is 0.415 e. The Balaban J connectivity index is 2.36. The van der Waals surface area contributed by atoms with Crippen LogP contribution in [0.1, 0.15) is 13.3 Å². The summed E-state index contributed by atoms with van der Waals surface area (Å²) in [6, 6.07) is -0.00182. The van der Waals surface area contributed by atoms with E-state index in [1.165, 1.54) is 0 Å². The molecule has 0 aromatic carbocycles. The van der Waals surface area contributed by atoms with Gasteiger partial charge in [-0.3, -0.25) is 0 Å². The van der Waals surface area contributed by atoms with Crippen molar-refractivity contribution in [2.75, 3.05) is 19.6 Å². The molecule has 0 aliphatic carbocycles. The molecule has 0 aromatic heterocycles. The first-order chi connectivity index (χ1) is 6.80. The lowest BCUT2D eigenvalue weighted by molar-refractivity contribution is -0.207. The molecule has 15 heavy (non-hydrogen) atoms. The van der Waals surface area contributed by atoms with Gasteiger partial charge in [-0.2, -0.15) is 13.2 Å². The number of likely N-dealkylation sites (tertiary alicyclic amines) is 1. The van der Waals surface area contributed by atoms with E-state index in [4.69, 9.17) is 10.8 Å². The first kappa shape index (κ1) is 12.7. The Morgan fingerprint density at radius 1 is 1.53 bits per heavy atom. The molecule has 1 rings (SSSR count). The number of hydrogen-bond donors (Lipinski definition) is 2. The molecule has 0 aromatic rings. The van der Waals surface area contributed by atoms with Crippen molar-refractivity contribution in [3.05, 3.63) is 0 Å². The van der Waals surface area contributed by atoms with Gasteiger partial charge in [0, 0.05) is 19.1 Å². The van der Waals surface area contributed by atoms with Crippen molar-refractivity contribution in [3.8, 4) is 0 Å². The summed E-state index contributed by atoms with van der Waals surface area (Å²) in [6.45, 7) is 2.64. The van der Waals surface area contributed by atoms with Crippen LogP contribution in [0.15, 0.2) is 0 Å². The standard InChI is InChI=1S/C9H17F3N2O/c1-6(13)7-2-3-14(4-7)5-8(15)9(10,11)12/h6-8,15H,2-5,13H2,1H3. The van der Waals surface area contributed by atoms with Crippen LogP contribution < -0.4 is 5.73 Å². The number of alkyl halides is 3. The maximum atomic E-state index is 12.1. The number of nitrogens with two attached hydrogens (primary N) is 1. The average molecular weight is 226 g/mol. The first-order valence-electron chi connectivity index (χ1n) is 5.03. The Labute approximate surface area is 87.0 Å². The number of nitrogens with zero attached hydrogens (tertiary/aromatic N) is 1. The molecule has 0 saturated carbocycles. The number of rotatable bonds is 3. The second kappa shape index (κ2) is 4.67. The summed E-state index contributed by atoms with van der Waals surface area (Å²) in [5, 5.41) is 8.87. The zero-order chi connectivity index (χ0) is 11.6. The molecular weight excluding hydrogens is 209 g/mol. The molecule has 0 amide bonds. The molecular formula is C9H17F3N2O. The van der Waals surface area contributed by atoms with E-state index in [1.54, 1.807) is 4.90 Å². The molecule has 3 atom stereocenters. The Morgan fingerprint density at radius 3 is 2.53 bits per heavy atom. The lowest BCUT2D eigenvalue weighted by atomic mass is 10.0. The summed E-state index contributed by atoms with van der Waals surface area (Å²) in [5.74, 6) is 0.241.